The van der Waals surface area contributed by atoms with E-state index in [1.807, 2.05) is 31.1 Å². The first-order chi connectivity index (χ1) is 9.46. The highest BCUT2D eigenvalue weighted by molar-refractivity contribution is 7.03. The fraction of sp³-hybridized carbons (Fsp3) is 0.769. The molecular weight excluding hydrogens is 276 g/mol. The average Bonchev–Trinajstić information content (AvgIpc) is 3.03. The Morgan fingerprint density at radius 1 is 1.55 bits per heavy atom. The Hall–Kier alpha value is -1.21. The minimum absolute atomic E-state index is 0.211. The molecule has 0 saturated heterocycles. The van der Waals surface area contributed by atoms with Crippen molar-refractivity contribution in [2.75, 3.05) is 13.1 Å². The van der Waals surface area contributed by atoms with Gasteiger partial charge in [0.25, 0.3) is 0 Å². The van der Waals surface area contributed by atoms with Crippen LogP contribution in [0.3, 0.4) is 0 Å². The third-order valence-corrected chi connectivity index (χ3v) is 3.41. The van der Waals surface area contributed by atoms with Crippen LogP contribution in [0.4, 0.5) is 4.79 Å². The molecule has 112 valence electrons. The number of carbonyl (C=O) groups is 1. The summed E-state index contributed by atoms with van der Waals surface area (Å²) >= 11 is 1.34. The lowest BCUT2D eigenvalue weighted by atomic mass is 10.2. The van der Waals surface area contributed by atoms with Gasteiger partial charge in [0, 0.05) is 31.1 Å². The normalized spacial score (nSPS) is 15.2. The van der Waals surface area contributed by atoms with E-state index in [0.717, 1.165) is 25.1 Å². The zero-order valence-electron chi connectivity index (χ0n) is 12.3. The van der Waals surface area contributed by atoms with Gasteiger partial charge in [-0.2, -0.15) is 0 Å². The quantitative estimate of drug-likeness (QED) is 0.814. The number of hydrogen-bond acceptors (Lipinski definition) is 6. The Bertz CT molecular complexity index is 426. The molecule has 1 aliphatic rings. The average molecular weight is 298 g/mol. The van der Waals surface area contributed by atoms with Gasteiger partial charge in [0.05, 0.1) is 5.69 Å². The number of nitrogens with one attached hydrogen (secondary N) is 1. The van der Waals surface area contributed by atoms with Crippen LogP contribution in [0.25, 0.3) is 0 Å². The maximum absolute atomic E-state index is 12.1. The van der Waals surface area contributed by atoms with Gasteiger partial charge in [-0.05, 0) is 45.1 Å². The minimum atomic E-state index is -0.441. The van der Waals surface area contributed by atoms with E-state index < -0.39 is 5.60 Å². The summed E-state index contributed by atoms with van der Waals surface area (Å²) in [5.41, 5.74) is 0.495. The number of aromatic nitrogens is 2. The molecule has 1 amide bonds. The van der Waals surface area contributed by atoms with E-state index in [1.54, 1.807) is 0 Å². The zero-order chi connectivity index (χ0) is 14.6. The van der Waals surface area contributed by atoms with E-state index in [2.05, 4.69) is 14.9 Å². The van der Waals surface area contributed by atoms with Gasteiger partial charge in [-0.1, -0.05) is 4.49 Å². The molecule has 0 atom stereocenters. The van der Waals surface area contributed by atoms with Gasteiger partial charge in [0.2, 0.25) is 0 Å². The van der Waals surface area contributed by atoms with Gasteiger partial charge in [0.1, 0.15) is 5.60 Å². The van der Waals surface area contributed by atoms with Crippen LogP contribution >= 0.6 is 11.5 Å². The van der Waals surface area contributed by atoms with Crippen molar-refractivity contribution in [3.63, 3.8) is 0 Å². The molecule has 2 rings (SSSR count). The summed E-state index contributed by atoms with van der Waals surface area (Å²) in [6.07, 6.45) is 1.95. The van der Waals surface area contributed by atoms with Crippen LogP contribution in [0.1, 0.15) is 39.3 Å². The second-order valence-corrected chi connectivity index (χ2v) is 6.59. The standard InChI is InChI=1S/C13H22N4O2S/c1-13(2,3)19-12(18)17(11-4-5-11)7-6-14-8-10-9-20-16-15-10/h9,11,14H,4-8H2,1-3H3. The van der Waals surface area contributed by atoms with Gasteiger partial charge in [0.15, 0.2) is 0 Å². The fourth-order valence-corrected chi connectivity index (χ4v) is 2.26. The molecule has 1 aromatic rings. The van der Waals surface area contributed by atoms with Crippen LogP contribution in [0.2, 0.25) is 0 Å². The van der Waals surface area contributed by atoms with Gasteiger partial charge in [-0.3, -0.25) is 0 Å². The fourth-order valence-electron chi connectivity index (χ4n) is 1.81. The summed E-state index contributed by atoms with van der Waals surface area (Å²) < 4.78 is 9.25. The first kappa shape index (κ1) is 15.2. The summed E-state index contributed by atoms with van der Waals surface area (Å²) in [6, 6.07) is 0.354. The Balaban J connectivity index is 1.73. The number of rotatable bonds is 6. The van der Waals surface area contributed by atoms with Crippen molar-refractivity contribution in [3.05, 3.63) is 11.1 Å². The third-order valence-electron chi connectivity index (χ3n) is 2.86. The molecule has 1 aromatic heterocycles. The highest BCUT2D eigenvalue weighted by Gasteiger charge is 2.34. The molecule has 7 heteroatoms. The van der Waals surface area contributed by atoms with Crippen molar-refractivity contribution in [3.8, 4) is 0 Å². The van der Waals surface area contributed by atoms with E-state index in [-0.39, 0.29) is 6.09 Å². The molecular formula is C13H22N4O2S. The molecule has 1 heterocycles. The minimum Gasteiger partial charge on any atom is -0.444 e. The van der Waals surface area contributed by atoms with Crippen LogP contribution in [0.5, 0.6) is 0 Å². The molecule has 0 radical (unpaired) electrons. The van der Waals surface area contributed by atoms with Crippen LogP contribution in [-0.4, -0.2) is 45.3 Å². The van der Waals surface area contributed by atoms with Crippen LogP contribution < -0.4 is 5.32 Å². The van der Waals surface area contributed by atoms with E-state index in [9.17, 15) is 4.79 Å². The van der Waals surface area contributed by atoms with Crippen LogP contribution in [-0.2, 0) is 11.3 Å². The van der Waals surface area contributed by atoms with E-state index in [1.165, 1.54) is 11.5 Å². The molecule has 0 aliphatic heterocycles. The summed E-state index contributed by atoms with van der Waals surface area (Å²) in [5.74, 6) is 0. The molecule has 0 aromatic carbocycles. The molecule has 20 heavy (non-hydrogen) atoms. The van der Waals surface area contributed by atoms with Gasteiger partial charge >= 0.3 is 6.09 Å². The van der Waals surface area contributed by atoms with Crippen molar-refractivity contribution in [2.24, 2.45) is 0 Å². The Kier molecular flexibility index (Phi) is 4.93. The largest absolute Gasteiger partial charge is 0.444 e. The second-order valence-electron chi connectivity index (χ2n) is 5.98. The molecule has 0 unspecified atom stereocenters. The Labute approximate surface area is 123 Å². The zero-order valence-corrected chi connectivity index (χ0v) is 13.1. The first-order valence-electron chi connectivity index (χ1n) is 6.92. The predicted molar refractivity (Wildman–Crippen MR) is 77.6 cm³/mol. The summed E-state index contributed by atoms with van der Waals surface area (Å²) in [6.45, 7) is 7.75. The van der Waals surface area contributed by atoms with E-state index in [4.69, 9.17) is 4.74 Å². The van der Waals surface area contributed by atoms with Gasteiger partial charge in [-0.15, -0.1) is 5.10 Å². The monoisotopic (exact) mass is 298 g/mol. The molecule has 1 aliphatic carbocycles. The smallest absolute Gasteiger partial charge is 0.410 e. The lowest BCUT2D eigenvalue weighted by molar-refractivity contribution is 0.0236. The third kappa shape index (κ3) is 5.05. The summed E-state index contributed by atoms with van der Waals surface area (Å²) in [5, 5.41) is 9.15. The molecule has 0 spiro atoms. The number of ether oxygens (including phenoxy) is 1. The molecule has 1 fully saturated rings. The first-order valence-corrected chi connectivity index (χ1v) is 7.75. The Morgan fingerprint density at radius 2 is 2.30 bits per heavy atom. The number of hydrogen-bond donors (Lipinski definition) is 1. The number of amides is 1. The maximum Gasteiger partial charge on any atom is 0.410 e. The van der Waals surface area contributed by atoms with E-state index >= 15 is 0 Å². The molecule has 0 bridgehead atoms. The van der Waals surface area contributed by atoms with Crippen molar-refractivity contribution in [2.45, 2.75) is 51.8 Å². The highest BCUT2D eigenvalue weighted by atomic mass is 32.1. The van der Waals surface area contributed by atoms with Crippen LogP contribution in [0.15, 0.2) is 5.38 Å². The summed E-state index contributed by atoms with van der Waals surface area (Å²) in [4.78, 5) is 13.9. The summed E-state index contributed by atoms with van der Waals surface area (Å²) in [7, 11) is 0. The van der Waals surface area contributed by atoms with E-state index in [0.29, 0.717) is 19.1 Å². The van der Waals surface area contributed by atoms with Crippen LogP contribution in [0, 0.1) is 0 Å². The predicted octanol–water partition coefficient (Wildman–Crippen LogP) is 2.03. The molecule has 1 saturated carbocycles. The van der Waals surface area contributed by atoms with Crippen molar-refractivity contribution >= 4 is 17.6 Å². The van der Waals surface area contributed by atoms with Gasteiger partial charge < -0.3 is 15.0 Å². The molecule has 1 N–H and O–H groups in total. The van der Waals surface area contributed by atoms with Gasteiger partial charge in [-0.25, -0.2) is 4.79 Å². The second kappa shape index (κ2) is 6.49. The maximum atomic E-state index is 12.1. The Morgan fingerprint density at radius 3 is 2.85 bits per heavy atom. The van der Waals surface area contributed by atoms with Crippen molar-refractivity contribution in [1.82, 2.24) is 19.8 Å². The van der Waals surface area contributed by atoms with Crippen molar-refractivity contribution < 1.29 is 9.53 Å². The van der Waals surface area contributed by atoms with Crippen molar-refractivity contribution in [1.29, 1.82) is 0 Å². The SMILES string of the molecule is CC(C)(C)OC(=O)N(CCNCc1csnn1)C1CC1. The highest BCUT2D eigenvalue weighted by Crippen LogP contribution is 2.27. The molecule has 6 nitrogen and oxygen atoms in total. The lowest BCUT2D eigenvalue weighted by Gasteiger charge is -2.27. The topological polar surface area (TPSA) is 67.3 Å². The number of carbonyl (C=O) groups excluding carboxylic acids is 1. The lowest BCUT2D eigenvalue weighted by Crippen LogP contribution is -2.41. The number of nitrogens with zero attached hydrogens (tertiary/aromatic N) is 3.